The lowest BCUT2D eigenvalue weighted by molar-refractivity contribution is 0.00131. The van der Waals surface area contributed by atoms with Gasteiger partial charge in [-0.25, -0.2) is 0 Å². The van der Waals surface area contributed by atoms with Crippen molar-refractivity contribution in [1.29, 1.82) is 0 Å². The number of aliphatic hydroxyl groups is 2. The number of aliphatic hydroxyl groups excluding tert-OH is 1. The fourth-order valence-electron chi connectivity index (χ4n) is 2.64. The normalized spacial score (nSPS) is 20.6. The van der Waals surface area contributed by atoms with Crippen molar-refractivity contribution >= 4 is 0 Å². The monoisotopic (exact) mass is 279 g/mol. The van der Waals surface area contributed by atoms with Crippen molar-refractivity contribution in [2.24, 2.45) is 11.7 Å². The van der Waals surface area contributed by atoms with Crippen LogP contribution in [0.4, 0.5) is 0 Å². The molecule has 0 aliphatic heterocycles. The van der Waals surface area contributed by atoms with Gasteiger partial charge in [-0.15, -0.1) is 0 Å². The highest BCUT2D eigenvalue weighted by Crippen LogP contribution is 2.31. The molecule has 1 aliphatic carbocycles. The zero-order valence-corrected chi connectivity index (χ0v) is 12.1. The topological polar surface area (TPSA) is 75.7 Å². The molecule has 1 aromatic carbocycles. The first-order valence-electron chi connectivity index (χ1n) is 7.37. The van der Waals surface area contributed by atoms with Gasteiger partial charge in [-0.3, -0.25) is 0 Å². The van der Waals surface area contributed by atoms with Crippen LogP contribution >= 0.6 is 0 Å². The van der Waals surface area contributed by atoms with Crippen LogP contribution in [0.2, 0.25) is 0 Å². The summed E-state index contributed by atoms with van der Waals surface area (Å²) in [4.78, 5) is 0. The molecule has 1 fully saturated rings. The summed E-state index contributed by atoms with van der Waals surface area (Å²) in [6, 6.07) is 7.40. The van der Waals surface area contributed by atoms with E-state index < -0.39 is 11.7 Å². The molecule has 4 heteroatoms. The first kappa shape index (κ1) is 15.3. The number of rotatable bonds is 6. The van der Waals surface area contributed by atoms with Gasteiger partial charge in [0.2, 0.25) is 0 Å². The van der Waals surface area contributed by atoms with Crippen molar-refractivity contribution in [3.63, 3.8) is 0 Å². The second-order valence-corrected chi connectivity index (χ2v) is 5.95. The van der Waals surface area contributed by atoms with Gasteiger partial charge in [0.15, 0.2) is 0 Å². The lowest BCUT2D eigenvalue weighted by Crippen LogP contribution is -2.32. The molecule has 20 heavy (non-hydrogen) atoms. The third-order valence-electron chi connectivity index (χ3n) is 4.15. The van der Waals surface area contributed by atoms with Gasteiger partial charge in [0.05, 0.1) is 11.7 Å². The summed E-state index contributed by atoms with van der Waals surface area (Å²) in [5, 5.41) is 20.4. The minimum Gasteiger partial charge on any atom is -0.491 e. The SMILES string of the molecule is C[C@H](CN)[C@@H](O)c1cccc(OCC2(O)CCCC2)c1. The van der Waals surface area contributed by atoms with Crippen LogP contribution in [0.25, 0.3) is 0 Å². The quantitative estimate of drug-likeness (QED) is 0.744. The molecule has 0 saturated heterocycles. The van der Waals surface area contributed by atoms with E-state index in [-0.39, 0.29) is 5.92 Å². The molecule has 4 N–H and O–H groups in total. The maximum atomic E-state index is 10.3. The molecule has 0 aromatic heterocycles. The Bertz CT molecular complexity index is 429. The largest absolute Gasteiger partial charge is 0.491 e. The number of hydrogen-bond donors (Lipinski definition) is 3. The van der Waals surface area contributed by atoms with Gasteiger partial charge in [0, 0.05) is 0 Å². The van der Waals surface area contributed by atoms with Crippen LogP contribution in [-0.2, 0) is 0 Å². The van der Waals surface area contributed by atoms with E-state index in [1.54, 1.807) is 0 Å². The van der Waals surface area contributed by atoms with Gasteiger partial charge >= 0.3 is 0 Å². The summed E-state index contributed by atoms with van der Waals surface area (Å²) in [6.45, 7) is 2.67. The van der Waals surface area contributed by atoms with Crippen molar-refractivity contribution in [2.75, 3.05) is 13.2 Å². The van der Waals surface area contributed by atoms with Crippen LogP contribution in [0.5, 0.6) is 5.75 Å². The maximum absolute atomic E-state index is 10.3. The van der Waals surface area contributed by atoms with Crippen LogP contribution in [-0.4, -0.2) is 29.0 Å². The molecule has 2 atom stereocenters. The summed E-state index contributed by atoms with van der Waals surface area (Å²) in [7, 11) is 0. The Labute approximate surface area is 120 Å². The molecule has 0 spiro atoms. The average molecular weight is 279 g/mol. The van der Waals surface area contributed by atoms with Gasteiger partial charge in [0.1, 0.15) is 12.4 Å². The first-order chi connectivity index (χ1) is 9.54. The van der Waals surface area contributed by atoms with Gasteiger partial charge < -0.3 is 20.7 Å². The lowest BCUT2D eigenvalue weighted by atomic mass is 9.97. The van der Waals surface area contributed by atoms with E-state index in [2.05, 4.69) is 0 Å². The number of nitrogens with two attached hydrogens (primary N) is 1. The minimum atomic E-state index is -0.681. The highest BCUT2D eigenvalue weighted by atomic mass is 16.5. The Balaban J connectivity index is 1.99. The number of benzene rings is 1. The van der Waals surface area contributed by atoms with E-state index in [1.807, 2.05) is 31.2 Å². The Morgan fingerprint density at radius 2 is 2.05 bits per heavy atom. The molecule has 0 radical (unpaired) electrons. The number of hydrogen-bond acceptors (Lipinski definition) is 4. The van der Waals surface area contributed by atoms with Crippen LogP contribution in [0.1, 0.15) is 44.3 Å². The van der Waals surface area contributed by atoms with Crippen molar-refractivity contribution < 1.29 is 14.9 Å². The first-order valence-corrected chi connectivity index (χ1v) is 7.37. The molecular formula is C16H25NO3. The van der Waals surface area contributed by atoms with E-state index in [1.165, 1.54) is 0 Å². The predicted molar refractivity (Wildman–Crippen MR) is 78.5 cm³/mol. The standard InChI is InChI=1S/C16H25NO3/c1-12(10-17)15(18)13-5-4-6-14(9-13)20-11-16(19)7-2-3-8-16/h4-6,9,12,15,18-19H,2-3,7-8,10-11,17H2,1H3/t12-,15-/m1/s1. The predicted octanol–water partition coefficient (Wildman–Crippen LogP) is 2.00. The summed E-state index contributed by atoms with van der Waals surface area (Å²) < 4.78 is 5.70. The molecular weight excluding hydrogens is 254 g/mol. The Hall–Kier alpha value is -1.10. The van der Waals surface area contributed by atoms with Gasteiger partial charge in [0.25, 0.3) is 0 Å². The van der Waals surface area contributed by atoms with Crippen molar-refractivity contribution in [3.8, 4) is 5.75 Å². The van der Waals surface area contributed by atoms with E-state index in [4.69, 9.17) is 10.5 Å². The molecule has 0 amide bonds. The Morgan fingerprint density at radius 3 is 2.70 bits per heavy atom. The van der Waals surface area contributed by atoms with Crippen LogP contribution in [0.3, 0.4) is 0 Å². The number of ether oxygens (including phenoxy) is 1. The molecule has 1 aliphatic rings. The van der Waals surface area contributed by atoms with Crippen LogP contribution in [0.15, 0.2) is 24.3 Å². The minimum absolute atomic E-state index is 0.00395. The Morgan fingerprint density at radius 1 is 1.35 bits per heavy atom. The summed E-state index contributed by atoms with van der Waals surface area (Å²) in [5.74, 6) is 0.690. The van der Waals surface area contributed by atoms with Crippen molar-refractivity contribution in [2.45, 2.75) is 44.3 Å². The second kappa shape index (κ2) is 6.57. The van der Waals surface area contributed by atoms with E-state index in [0.29, 0.717) is 18.9 Å². The van der Waals surface area contributed by atoms with E-state index in [9.17, 15) is 10.2 Å². The molecule has 1 aromatic rings. The van der Waals surface area contributed by atoms with Gasteiger partial charge in [-0.2, -0.15) is 0 Å². The molecule has 1 saturated carbocycles. The fourth-order valence-corrected chi connectivity index (χ4v) is 2.64. The summed E-state index contributed by atoms with van der Waals surface area (Å²) in [6.07, 6.45) is 3.15. The molecule has 0 bridgehead atoms. The van der Waals surface area contributed by atoms with Crippen LogP contribution in [0, 0.1) is 5.92 Å². The second-order valence-electron chi connectivity index (χ2n) is 5.95. The molecule has 0 unspecified atom stereocenters. The Kier molecular flexibility index (Phi) is 5.02. The summed E-state index contributed by atoms with van der Waals surface area (Å²) >= 11 is 0. The fraction of sp³-hybridized carbons (Fsp3) is 0.625. The smallest absolute Gasteiger partial charge is 0.119 e. The van der Waals surface area contributed by atoms with Crippen molar-refractivity contribution in [1.82, 2.24) is 0 Å². The highest BCUT2D eigenvalue weighted by Gasteiger charge is 2.31. The van der Waals surface area contributed by atoms with Gasteiger partial charge in [-0.05, 0) is 43.0 Å². The molecule has 2 rings (SSSR count). The van der Waals surface area contributed by atoms with Crippen LogP contribution < -0.4 is 10.5 Å². The lowest BCUT2D eigenvalue weighted by Gasteiger charge is -2.23. The van der Waals surface area contributed by atoms with E-state index >= 15 is 0 Å². The molecule has 0 heterocycles. The average Bonchev–Trinajstić information content (AvgIpc) is 2.91. The maximum Gasteiger partial charge on any atom is 0.119 e. The van der Waals surface area contributed by atoms with Gasteiger partial charge in [-0.1, -0.05) is 31.9 Å². The zero-order valence-electron chi connectivity index (χ0n) is 12.1. The molecule has 112 valence electrons. The zero-order chi connectivity index (χ0) is 14.6. The summed E-state index contributed by atoms with van der Waals surface area (Å²) in [5.41, 5.74) is 5.71. The van der Waals surface area contributed by atoms with E-state index in [0.717, 1.165) is 31.2 Å². The van der Waals surface area contributed by atoms with Crippen molar-refractivity contribution in [3.05, 3.63) is 29.8 Å². The third kappa shape index (κ3) is 3.72. The highest BCUT2D eigenvalue weighted by molar-refractivity contribution is 5.30. The third-order valence-corrected chi connectivity index (χ3v) is 4.15. The molecule has 4 nitrogen and oxygen atoms in total.